The highest BCUT2D eigenvalue weighted by molar-refractivity contribution is 5.37. The Kier molecular flexibility index (Phi) is 4.54. The fraction of sp³-hybridized carbons (Fsp3) is 0.571. The molecule has 17 heavy (non-hydrogen) atoms. The van der Waals surface area contributed by atoms with Crippen LogP contribution < -0.4 is 10.5 Å². The van der Waals surface area contributed by atoms with Crippen LogP contribution in [0.25, 0.3) is 0 Å². The highest BCUT2D eigenvalue weighted by atomic mass is 16.5. The SMILES string of the molecule is CCC(C)(O)COc1ccc([C@H](C)N)cc1C. The predicted molar refractivity (Wildman–Crippen MR) is 70.2 cm³/mol. The van der Waals surface area contributed by atoms with E-state index in [0.717, 1.165) is 16.9 Å². The minimum atomic E-state index is -0.772. The number of rotatable bonds is 5. The van der Waals surface area contributed by atoms with E-state index in [1.807, 2.05) is 39.0 Å². The number of aliphatic hydroxyl groups is 1. The summed E-state index contributed by atoms with van der Waals surface area (Å²) < 4.78 is 5.64. The van der Waals surface area contributed by atoms with Crippen LogP contribution in [0, 0.1) is 6.92 Å². The maximum absolute atomic E-state index is 9.87. The molecule has 0 saturated carbocycles. The van der Waals surface area contributed by atoms with Crippen molar-refractivity contribution in [3.8, 4) is 5.75 Å². The Balaban J connectivity index is 2.73. The lowest BCUT2D eigenvalue weighted by atomic mass is 10.0. The molecule has 0 spiro atoms. The molecule has 1 rings (SSSR count). The summed E-state index contributed by atoms with van der Waals surface area (Å²) in [6, 6.07) is 5.94. The first kappa shape index (κ1) is 14.0. The third-order valence-corrected chi connectivity index (χ3v) is 3.03. The van der Waals surface area contributed by atoms with E-state index in [1.165, 1.54) is 0 Å². The topological polar surface area (TPSA) is 55.5 Å². The predicted octanol–water partition coefficient (Wildman–Crippen LogP) is 2.55. The van der Waals surface area contributed by atoms with Gasteiger partial charge < -0.3 is 15.6 Å². The smallest absolute Gasteiger partial charge is 0.122 e. The second-order valence-corrected chi connectivity index (χ2v) is 4.95. The van der Waals surface area contributed by atoms with Gasteiger partial charge >= 0.3 is 0 Å². The van der Waals surface area contributed by atoms with Gasteiger partial charge in [-0.25, -0.2) is 0 Å². The van der Waals surface area contributed by atoms with Gasteiger partial charge in [0.05, 0.1) is 5.60 Å². The van der Waals surface area contributed by atoms with Crippen LogP contribution in [0.1, 0.15) is 44.4 Å². The first-order chi connectivity index (χ1) is 7.85. The van der Waals surface area contributed by atoms with Crippen molar-refractivity contribution >= 4 is 0 Å². The van der Waals surface area contributed by atoms with Crippen molar-refractivity contribution in [2.24, 2.45) is 5.73 Å². The summed E-state index contributed by atoms with van der Waals surface area (Å²) in [5.74, 6) is 0.808. The van der Waals surface area contributed by atoms with Gasteiger partial charge in [-0.2, -0.15) is 0 Å². The number of ether oxygens (including phenoxy) is 1. The molecule has 1 unspecified atom stereocenters. The Hall–Kier alpha value is -1.06. The maximum atomic E-state index is 9.87. The summed E-state index contributed by atoms with van der Waals surface area (Å²) in [4.78, 5) is 0. The molecule has 3 N–H and O–H groups in total. The molecule has 0 amide bonds. The van der Waals surface area contributed by atoms with Gasteiger partial charge in [0.2, 0.25) is 0 Å². The Labute approximate surface area is 104 Å². The first-order valence-corrected chi connectivity index (χ1v) is 6.07. The van der Waals surface area contributed by atoms with Gasteiger partial charge in [-0.15, -0.1) is 0 Å². The van der Waals surface area contributed by atoms with Gasteiger partial charge in [-0.05, 0) is 44.4 Å². The van der Waals surface area contributed by atoms with Crippen molar-refractivity contribution in [3.63, 3.8) is 0 Å². The van der Waals surface area contributed by atoms with Crippen molar-refractivity contribution < 1.29 is 9.84 Å². The molecule has 0 aliphatic heterocycles. The van der Waals surface area contributed by atoms with Crippen molar-refractivity contribution in [1.82, 2.24) is 0 Å². The fourth-order valence-electron chi connectivity index (χ4n) is 1.45. The lowest BCUT2D eigenvalue weighted by molar-refractivity contribution is 0.00827. The van der Waals surface area contributed by atoms with Crippen LogP contribution >= 0.6 is 0 Å². The zero-order valence-corrected chi connectivity index (χ0v) is 11.2. The minimum Gasteiger partial charge on any atom is -0.490 e. The first-order valence-electron chi connectivity index (χ1n) is 6.07. The van der Waals surface area contributed by atoms with Gasteiger partial charge in [0, 0.05) is 6.04 Å². The number of hydrogen-bond acceptors (Lipinski definition) is 3. The molecule has 96 valence electrons. The lowest BCUT2D eigenvalue weighted by Gasteiger charge is -2.22. The van der Waals surface area contributed by atoms with Crippen LogP contribution in [0.15, 0.2) is 18.2 Å². The third kappa shape index (κ3) is 4.02. The van der Waals surface area contributed by atoms with E-state index in [2.05, 4.69) is 0 Å². The van der Waals surface area contributed by atoms with Crippen molar-refractivity contribution in [2.75, 3.05) is 6.61 Å². The number of benzene rings is 1. The summed E-state index contributed by atoms with van der Waals surface area (Å²) in [7, 11) is 0. The van der Waals surface area contributed by atoms with Crippen molar-refractivity contribution in [1.29, 1.82) is 0 Å². The minimum absolute atomic E-state index is 0.0292. The molecular formula is C14H23NO2. The number of hydrogen-bond donors (Lipinski definition) is 2. The standard InChI is InChI=1S/C14H23NO2/c1-5-14(4,16)9-17-13-7-6-12(11(3)15)8-10(13)2/h6-8,11,16H,5,9,15H2,1-4H3/t11-,14?/m0/s1. The second-order valence-electron chi connectivity index (χ2n) is 4.95. The van der Waals surface area contributed by atoms with Crippen LogP contribution in [0.5, 0.6) is 5.75 Å². The Morgan fingerprint density at radius 2 is 2.12 bits per heavy atom. The molecule has 0 aliphatic carbocycles. The molecule has 0 radical (unpaired) electrons. The average molecular weight is 237 g/mol. The highest BCUT2D eigenvalue weighted by Gasteiger charge is 2.18. The van der Waals surface area contributed by atoms with Crippen LogP contribution in [0.4, 0.5) is 0 Å². The molecule has 0 aromatic heterocycles. The summed E-state index contributed by atoms with van der Waals surface area (Å²) in [5.41, 5.74) is 7.19. The van der Waals surface area contributed by atoms with Gasteiger partial charge in [-0.3, -0.25) is 0 Å². The normalized spacial score (nSPS) is 16.4. The van der Waals surface area contributed by atoms with E-state index >= 15 is 0 Å². The highest BCUT2D eigenvalue weighted by Crippen LogP contribution is 2.23. The van der Waals surface area contributed by atoms with Gasteiger partial charge in [0.15, 0.2) is 0 Å². The molecule has 0 saturated heterocycles. The van der Waals surface area contributed by atoms with E-state index in [1.54, 1.807) is 6.92 Å². The summed E-state index contributed by atoms with van der Waals surface area (Å²) in [5, 5.41) is 9.87. The zero-order valence-electron chi connectivity index (χ0n) is 11.2. The van der Waals surface area contributed by atoms with Crippen LogP contribution in [-0.2, 0) is 0 Å². The van der Waals surface area contributed by atoms with E-state index in [-0.39, 0.29) is 6.04 Å². The molecular weight excluding hydrogens is 214 g/mol. The van der Waals surface area contributed by atoms with Crippen molar-refractivity contribution in [2.45, 2.75) is 45.8 Å². The molecule has 1 aromatic carbocycles. The molecule has 1 aromatic rings. The van der Waals surface area contributed by atoms with Crippen LogP contribution in [0.3, 0.4) is 0 Å². The van der Waals surface area contributed by atoms with E-state index in [0.29, 0.717) is 13.0 Å². The van der Waals surface area contributed by atoms with Gasteiger partial charge in [0.25, 0.3) is 0 Å². The fourth-order valence-corrected chi connectivity index (χ4v) is 1.45. The van der Waals surface area contributed by atoms with E-state index in [9.17, 15) is 5.11 Å². The maximum Gasteiger partial charge on any atom is 0.122 e. The molecule has 3 heteroatoms. The molecule has 3 nitrogen and oxygen atoms in total. The number of aryl methyl sites for hydroxylation is 1. The lowest BCUT2D eigenvalue weighted by Crippen LogP contribution is -2.31. The average Bonchev–Trinajstić information content (AvgIpc) is 2.27. The zero-order chi connectivity index (χ0) is 13.1. The Morgan fingerprint density at radius 1 is 1.47 bits per heavy atom. The Morgan fingerprint density at radius 3 is 2.59 bits per heavy atom. The van der Waals surface area contributed by atoms with Gasteiger partial charge in [-0.1, -0.05) is 19.1 Å². The van der Waals surface area contributed by atoms with E-state index in [4.69, 9.17) is 10.5 Å². The number of nitrogens with two attached hydrogens (primary N) is 1. The molecule has 0 aliphatic rings. The summed E-state index contributed by atoms with van der Waals surface area (Å²) in [6.07, 6.45) is 0.671. The third-order valence-electron chi connectivity index (χ3n) is 3.03. The van der Waals surface area contributed by atoms with Crippen LogP contribution in [0.2, 0.25) is 0 Å². The summed E-state index contributed by atoms with van der Waals surface area (Å²) in [6.45, 7) is 7.97. The summed E-state index contributed by atoms with van der Waals surface area (Å²) >= 11 is 0. The molecule has 0 bridgehead atoms. The second kappa shape index (κ2) is 5.52. The van der Waals surface area contributed by atoms with Gasteiger partial charge in [0.1, 0.15) is 12.4 Å². The van der Waals surface area contributed by atoms with Crippen molar-refractivity contribution in [3.05, 3.63) is 29.3 Å². The van der Waals surface area contributed by atoms with Crippen LogP contribution in [-0.4, -0.2) is 17.3 Å². The Bertz CT molecular complexity index is 372. The van der Waals surface area contributed by atoms with E-state index < -0.39 is 5.60 Å². The molecule has 0 fully saturated rings. The quantitative estimate of drug-likeness (QED) is 0.827. The molecule has 2 atom stereocenters. The molecule has 0 heterocycles. The monoisotopic (exact) mass is 237 g/mol. The largest absolute Gasteiger partial charge is 0.490 e.